The van der Waals surface area contributed by atoms with Gasteiger partial charge in [0.15, 0.2) is 0 Å². The van der Waals surface area contributed by atoms with Crippen LogP contribution in [0.5, 0.6) is 0 Å². The number of carbonyl (C=O) groups is 2. The first-order valence-electron chi connectivity index (χ1n) is 6.03. The van der Waals surface area contributed by atoms with Crippen LogP contribution in [0, 0.1) is 18.7 Å². The van der Waals surface area contributed by atoms with Crippen molar-refractivity contribution in [2.75, 3.05) is 7.05 Å². The molecule has 0 aliphatic rings. The summed E-state index contributed by atoms with van der Waals surface area (Å²) in [5.41, 5.74) is 1.34. The highest BCUT2D eigenvalue weighted by molar-refractivity contribution is 5.81. The summed E-state index contributed by atoms with van der Waals surface area (Å²) in [4.78, 5) is 23.9. The normalized spacial score (nSPS) is 12.0. The Morgan fingerprint density at radius 2 is 2.05 bits per heavy atom. The first kappa shape index (κ1) is 15.1. The van der Waals surface area contributed by atoms with Gasteiger partial charge in [0.2, 0.25) is 5.91 Å². The zero-order valence-electron chi connectivity index (χ0n) is 11.3. The molecule has 0 heterocycles. The van der Waals surface area contributed by atoms with E-state index in [4.69, 9.17) is 5.11 Å². The Bertz CT molecular complexity index is 488. The maximum Gasteiger partial charge on any atom is 0.306 e. The molecule has 0 fully saturated rings. The Morgan fingerprint density at radius 1 is 1.42 bits per heavy atom. The van der Waals surface area contributed by atoms with E-state index in [-0.39, 0.29) is 18.1 Å². The second-order valence-electron chi connectivity index (χ2n) is 4.78. The predicted octanol–water partition coefficient (Wildman–Crippen LogP) is 2.20. The number of aliphatic carboxylic acids is 1. The van der Waals surface area contributed by atoms with Crippen molar-refractivity contribution in [3.63, 3.8) is 0 Å². The van der Waals surface area contributed by atoms with Gasteiger partial charge in [0, 0.05) is 20.0 Å². The minimum absolute atomic E-state index is 0.0357. The highest BCUT2D eigenvalue weighted by atomic mass is 19.1. The molecule has 0 spiro atoms. The molecular formula is C14H18FNO3. The van der Waals surface area contributed by atoms with E-state index in [0.29, 0.717) is 12.1 Å². The number of halogens is 1. The highest BCUT2D eigenvalue weighted by Gasteiger charge is 2.18. The molecule has 4 nitrogen and oxygen atoms in total. The lowest BCUT2D eigenvalue weighted by molar-refractivity contribution is -0.145. The Kier molecular flexibility index (Phi) is 5.03. The molecule has 1 aromatic carbocycles. The molecule has 1 N–H and O–H groups in total. The van der Waals surface area contributed by atoms with Crippen LogP contribution in [0.3, 0.4) is 0 Å². The minimum Gasteiger partial charge on any atom is -0.481 e. The quantitative estimate of drug-likeness (QED) is 0.889. The molecule has 0 aromatic heterocycles. The minimum atomic E-state index is -0.987. The number of nitrogens with zero attached hydrogens (tertiary/aromatic N) is 1. The van der Waals surface area contributed by atoms with Gasteiger partial charge < -0.3 is 10.0 Å². The van der Waals surface area contributed by atoms with Crippen LogP contribution >= 0.6 is 0 Å². The molecule has 1 aromatic rings. The van der Waals surface area contributed by atoms with Crippen molar-refractivity contribution < 1.29 is 19.1 Å². The van der Waals surface area contributed by atoms with Crippen LogP contribution in [0.4, 0.5) is 4.39 Å². The van der Waals surface area contributed by atoms with Gasteiger partial charge in [-0.3, -0.25) is 9.59 Å². The lowest BCUT2D eigenvalue weighted by atomic mass is 10.1. The summed E-state index contributed by atoms with van der Waals surface area (Å²) >= 11 is 0. The molecule has 104 valence electrons. The molecule has 0 radical (unpaired) electrons. The van der Waals surface area contributed by atoms with Crippen molar-refractivity contribution in [2.45, 2.75) is 26.8 Å². The first-order chi connectivity index (χ1) is 8.81. The monoisotopic (exact) mass is 267 g/mol. The Hall–Kier alpha value is -1.91. The molecule has 0 bridgehead atoms. The first-order valence-corrected chi connectivity index (χ1v) is 6.03. The fourth-order valence-corrected chi connectivity index (χ4v) is 1.67. The summed E-state index contributed by atoms with van der Waals surface area (Å²) in [6.45, 7) is 3.50. The van der Waals surface area contributed by atoms with E-state index in [1.807, 2.05) is 0 Å². The Balaban J connectivity index is 2.63. The second kappa shape index (κ2) is 6.31. The fourth-order valence-electron chi connectivity index (χ4n) is 1.67. The van der Waals surface area contributed by atoms with E-state index in [1.165, 1.54) is 17.9 Å². The molecular weight excluding hydrogens is 249 g/mol. The SMILES string of the molecule is Cc1cc(CN(C)C(=O)CC(C)C(=O)O)ccc1F. The van der Waals surface area contributed by atoms with Crippen LogP contribution in [-0.4, -0.2) is 28.9 Å². The topological polar surface area (TPSA) is 57.6 Å². The van der Waals surface area contributed by atoms with E-state index in [0.717, 1.165) is 5.56 Å². The number of hydrogen-bond donors (Lipinski definition) is 1. The summed E-state index contributed by atoms with van der Waals surface area (Å²) in [5.74, 6) is -2.21. The van der Waals surface area contributed by atoms with Crippen molar-refractivity contribution >= 4 is 11.9 Å². The third-order valence-corrected chi connectivity index (χ3v) is 2.97. The average Bonchev–Trinajstić information content (AvgIpc) is 2.33. The van der Waals surface area contributed by atoms with Crippen LogP contribution < -0.4 is 0 Å². The number of carboxylic acids is 1. The summed E-state index contributed by atoms with van der Waals surface area (Å²) in [6, 6.07) is 4.66. The number of carboxylic acid groups (broad SMARTS) is 1. The largest absolute Gasteiger partial charge is 0.481 e. The van der Waals surface area contributed by atoms with Gasteiger partial charge >= 0.3 is 5.97 Å². The number of benzene rings is 1. The number of hydrogen-bond acceptors (Lipinski definition) is 2. The third kappa shape index (κ3) is 4.35. The van der Waals surface area contributed by atoms with Crippen molar-refractivity contribution in [2.24, 2.45) is 5.92 Å². The number of carbonyl (C=O) groups excluding carboxylic acids is 1. The van der Waals surface area contributed by atoms with Crippen LogP contribution in [-0.2, 0) is 16.1 Å². The number of amides is 1. The van der Waals surface area contributed by atoms with Gasteiger partial charge in [-0.25, -0.2) is 4.39 Å². The van der Waals surface area contributed by atoms with Gasteiger partial charge in [-0.15, -0.1) is 0 Å². The molecule has 0 saturated carbocycles. The van der Waals surface area contributed by atoms with E-state index in [1.54, 1.807) is 26.1 Å². The van der Waals surface area contributed by atoms with Crippen LogP contribution in [0.2, 0.25) is 0 Å². The van der Waals surface area contributed by atoms with Crippen molar-refractivity contribution in [1.29, 1.82) is 0 Å². The molecule has 19 heavy (non-hydrogen) atoms. The summed E-state index contributed by atoms with van der Waals surface area (Å²) in [7, 11) is 1.61. The van der Waals surface area contributed by atoms with Gasteiger partial charge in [-0.05, 0) is 24.1 Å². The predicted molar refractivity (Wildman–Crippen MR) is 69.0 cm³/mol. The average molecular weight is 267 g/mol. The molecule has 0 aliphatic heterocycles. The lowest BCUT2D eigenvalue weighted by Crippen LogP contribution is -2.29. The molecule has 1 rings (SSSR count). The maximum absolute atomic E-state index is 13.1. The maximum atomic E-state index is 13.1. The third-order valence-electron chi connectivity index (χ3n) is 2.97. The smallest absolute Gasteiger partial charge is 0.306 e. The van der Waals surface area contributed by atoms with Crippen LogP contribution in [0.15, 0.2) is 18.2 Å². The van der Waals surface area contributed by atoms with Gasteiger partial charge in [0.05, 0.1) is 5.92 Å². The molecule has 1 amide bonds. The second-order valence-corrected chi connectivity index (χ2v) is 4.78. The van der Waals surface area contributed by atoms with Gasteiger partial charge in [-0.2, -0.15) is 0 Å². The molecule has 0 saturated heterocycles. The van der Waals surface area contributed by atoms with Crippen molar-refractivity contribution in [3.8, 4) is 0 Å². The van der Waals surface area contributed by atoms with Gasteiger partial charge in [0.1, 0.15) is 5.82 Å². The standard InChI is InChI=1S/C14H18FNO3/c1-9-6-11(4-5-12(9)15)8-16(3)13(17)7-10(2)14(18)19/h4-6,10H,7-8H2,1-3H3,(H,18,19). The summed E-state index contributed by atoms with van der Waals surface area (Å²) in [5, 5.41) is 8.76. The fraction of sp³-hybridized carbons (Fsp3) is 0.429. The number of aryl methyl sites for hydroxylation is 1. The van der Waals surface area contributed by atoms with Crippen molar-refractivity contribution in [3.05, 3.63) is 35.1 Å². The molecule has 5 heteroatoms. The zero-order chi connectivity index (χ0) is 14.6. The summed E-state index contributed by atoms with van der Waals surface area (Å²) < 4.78 is 13.1. The lowest BCUT2D eigenvalue weighted by Gasteiger charge is -2.18. The highest BCUT2D eigenvalue weighted by Crippen LogP contribution is 2.12. The Morgan fingerprint density at radius 3 is 2.58 bits per heavy atom. The van der Waals surface area contributed by atoms with Crippen molar-refractivity contribution in [1.82, 2.24) is 4.90 Å². The van der Waals surface area contributed by atoms with Crippen LogP contribution in [0.25, 0.3) is 0 Å². The van der Waals surface area contributed by atoms with Gasteiger partial charge in [-0.1, -0.05) is 19.1 Å². The molecule has 1 atom stereocenters. The summed E-state index contributed by atoms with van der Waals surface area (Å²) in [6.07, 6.45) is -0.0357. The number of rotatable bonds is 5. The Labute approximate surface area is 111 Å². The van der Waals surface area contributed by atoms with E-state index in [2.05, 4.69) is 0 Å². The molecule has 1 unspecified atom stereocenters. The van der Waals surface area contributed by atoms with Crippen LogP contribution in [0.1, 0.15) is 24.5 Å². The van der Waals surface area contributed by atoms with E-state index >= 15 is 0 Å². The van der Waals surface area contributed by atoms with Gasteiger partial charge in [0.25, 0.3) is 0 Å². The molecule has 0 aliphatic carbocycles. The van der Waals surface area contributed by atoms with E-state index < -0.39 is 11.9 Å². The van der Waals surface area contributed by atoms with E-state index in [9.17, 15) is 14.0 Å². The zero-order valence-corrected chi connectivity index (χ0v) is 11.3.